The smallest absolute Gasteiger partial charge is 0.356 e. The third kappa shape index (κ3) is 2.72. The molecule has 0 aliphatic heterocycles. The topological polar surface area (TPSA) is 57.0 Å². The van der Waals surface area contributed by atoms with Crippen LogP contribution in [0.5, 0.6) is 0 Å². The van der Waals surface area contributed by atoms with E-state index in [0.29, 0.717) is 34.7 Å². The van der Waals surface area contributed by atoms with Crippen LogP contribution < -0.4 is 0 Å². The van der Waals surface area contributed by atoms with E-state index >= 15 is 0 Å². The number of hydrogen-bond acceptors (Lipinski definition) is 4. The molecule has 2 aromatic rings. The SMILES string of the molecule is CCOC(=O)c1c(CBr)nc(-c2ccc(F)nc2)n1C. The minimum Gasteiger partial charge on any atom is -0.461 e. The molecule has 0 fully saturated rings. The van der Waals surface area contributed by atoms with E-state index in [1.807, 2.05) is 0 Å². The first-order valence-electron chi connectivity index (χ1n) is 5.99. The van der Waals surface area contributed by atoms with Crippen molar-refractivity contribution in [3.8, 4) is 11.4 Å². The van der Waals surface area contributed by atoms with Crippen molar-refractivity contribution >= 4 is 21.9 Å². The first-order chi connectivity index (χ1) is 9.58. The molecule has 20 heavy (non-hydrogen) atoms. The number of alkyl halides is 1. The van der Waals surface area contributed by atoms with Crippen LogP contribution in [0.4, 0.5) is 4.39 Å². The van der Waals surface area contributed by atoms with Crippen molar-refractivity contribution in [1.82, 2.24) is 14.5 Å². The highest BCUT2D eigenvalue weighted by molar-refractivity contribution is 9.08. The zero-order valence-corrected chi connectivity index (χ0v) is 12.6. The van der Waals surface area contributed by atoms with Crippen molar-refractivity contribution in [2.45, 2.75) is 12.3 Å². The average molecular weight is 342 g/mol. The third-order valence-electron chi connectivity index (χ3n) is 2.75. The predicted octanol–water partition coefficient (Wildman–Crippen LogP) is 2.69. The van der Waals surface area contributed by atoms with Gasteiger partial charge in [-0.15, -0.1) is 0 Å². The number of esters is 1. The molecule has 0 unspecified atom stereocenters. The normalized spacial score (nSPS) is 10.6. The zero-order valence-electron chi connectivity index (χ0n) is 11.1. The van der Waals surface area contributed by atoms with Crippen LogP contribution in [-0.4, -0.2) is 27.1 Å². The molecule has 0 atom stereocenters. The Kier molecular flexibility index (Phi) is 4.49. The lowest BCUT2D eigenvalue weighted by Crippen LogP contribution is -2.12. The molecule has 0 bridgehead atoms. The van der Waals surface area contributed by atoms with Gasteiger partial charge >= 0.3 is 5.97 Å². The standard InChI is InChI=1S/C13H13BrFN3O2/c1-3-20-13(19)11-9(6-14)17-12(18(11)2)8-4-5-10(15)16-7-8/h4-5,7H,3,6H2,1-2H3. The van der Waals surface area contributed by atoms with E-state index in [9.17, 15) is 9.18 Å². The monoisotopic (exact) mass is 341 g/mol. The summed E-state index contributed by atoms with van der Waals surface area (Å²) in [7, 11) is 1.71. The van der Waals surface area contributed by atoms with Gasteiger partial charge in [0.05, 0.1) is 12.3 Å². The molecular weight excluding hydrogens is 329 g/mol. The average Bonchev–Trinajstić information content (AvgIpc) is 2.77. The van der Waals surface area contributed by atoms with Gasteiger partial charge in [-0.3, -0.25) is 0 Å². The second kappa shape index (κ2) is 6.13. The van der Waals surface area contributed by atoms with Crippen LogP contribution in [0.1, 0.15) is 23.1 Å². The number of nitrogens with zero attached hydrogens (tertiary/aromatic N) is 3. The molecular formula is C13H13BrFN3O2. The van der Waals surface area contributed by atoms with Crippen LogP contribution >= 0.6 is 15.9 Å². The Bertz CT molecular complexity index is 625. The number of rotatable bonds is 4. The number of carbonyl (C=O) groups is 1. The highest BCUT2D eigenvalue weighted by Crippen LogP contribution is 2.23. The summed E-state index contributed by atoms with van der Waals surface area (Å²) in [6.45, 7) is 2.03. The lowest BCUT2D eigenvalue weighted by molar-refractivity contribution is 0.0514. The predicted molar refractivity (Wildman–Crippen MR) is 75.0 cm³/mol. The maximum Gasteiger partial charge on any atom is 0.356 e. The van der Waals surface area contributed by atoms with Gasteiger partial charge in [0.15, 0.2) is 5.69 Å². The molecule has 0 saturated heterocycles. The van der Waals surface area contributed by atoms with Gasteiger partial charge in [-0.2, -0.15) is 4.39 Å². The molecule has 106 valence electrons. The molecule has 2 rings (SSSR count). The van der Waals surface area contributed by atoms with Gasteiger partial charge in [-0.05, 0) is 19.1 Å². The second-order valence-electron chi connectivity index (χ2n) is 4.01. The van der Waals surface area contributed by atoms with Crippen molar-refractivity contribution in [3.05, 3.63) is 35.7 Å². The van der Waals surface area contributed by atoms with Crippen LogP contribution in [0.25, 0.3) is 11.4 Å². The van der Waals surface area contributed by atoms with Crippen molar-refractivity contribution in [2.24, 2.45) is 7.05 Å². The summed E-state index contributed by atoms with van der Waals surface area (Å²) in [5.41, 5.74) is 1.58. The van der Waals surface area contributed by atoms with Crippen LogP contribution in [0.2, 0.25) is 0 Å². The van der Waals surface area contributed by atoms with E-state index in [2.05, 4.69) is 25.9 Å². The molecule has 0 aliphatic rings. The van der Waals surface area contributed by atoms with Crippen LogP contribution in [-0.2, 0) is 17.1 Å². The van der Waals surface area contributed by atoms with E-state index in [-0.39, 0.29) is 0 Å². The summed E-state index contributed by atoms with van der Waals surface area (Å²) >= 11 is 3.30. The van der Waals surface area contributed by atoms with E-state index in [4.69, 9.17) is 4.74 Å². The van der Waals surface area contributed by atoms with Crippen LogP contribution in [0, 0.1) is 5.95 Å². The number of hydrogen-bond donors (Lipinski definition) is 0. The second-order valence-corrected chi connectivity index (χ2v) is 4.57. The molecule has 7 heteroatoms. The first-order valence-corrected chi connectivity index (χ1v) is 7.11. The summed E-state index contributed by atoms with van der Waals surface area (Å²) in [6, 6.07) is 2.82. The van der Waals surface area contributed by atoms with Crippen molar-refractivity contribution < 1.29 is 13.9 Å². The van der Waals surface area contributed by atoms with E-state index in [1.165, 1.54) is 12.3 Å². The summed E-state index contributed by atoms with van der Waals surface area (Å²) < 4.78 is 19.5. The molecule has 0 aromatic carbocycles. The van der Waals surface area contributed by atoms with Gasteiger partial charge in [0.25, 0.3) is 0 Å². The van der Waals surface area contributed by atoms with Crippen molar-refractivity contribution in [3.63, 3.8) is 0 Å². The molecule has 0 spiro atoms. The van der Waals surface area contributed by atoms with Crippen molar-refractivity contribution in [1.29, 1.82) is 0 Å². The van der Waals surface area contributed by atoms with E-state index in [1.54, 1.807) is 24.6 Å². The Labute approximate surface area is 123 Å². The van der Waals surface area contributed by atoms with Gasteiger partial charge in [0.2, 0.25) is 5.95 Å². The minimum absolute atomic E-state index is 0.291. The summed E-state index contributed by atoms with van der Waals surface area (Å²) in [4.78, 5) is 19.9. The Hall–Kier alpha value is -1.76. The Morgan fingerprint density at radius 1 is 1.50 bits per heavy atom. The summed E-state index contributed by atoms with van der Waals surface area (Å²) in [6.07, 6.45) is 1.38. The van der Waals surface area contributed by atoms with E-state index in [0.717, 1.165) is 0 Å². The molecule has 2 heterocycles. The van der Waals surface area contributed by atoms with Gasteiger partial charge in [-0.25, -0.2) is 14.8 Å². The fourth-order valence-electron chi connectivity index (χ4n) is 1.87. The highest BCUT2D eigenvalue weighted by atomic mass is 79.9. The zero-order chi connectivity index (χ0) is 14.7. The summed E-state index contributed by atoms with van der Waals surface area (Å²) in [5.74, 6) is -0.456. The number of ether oxygens (including phenoxy) is 1. The molecule has 2 aromatic heterocycles. The third-order valence-corrected chi connectivity index (χ3v) is 3.28. The number of imidazole rings is 1. The maximum atomic E-state index is 12.9. The molecule has 0 saturated carbocycles. The Morgan fingerprint density at radius 2 is 2.25 bits per heavy atom. The van der Waals surface area contributed by atoms with E-state index < -0.39 is 11.9 Å². The molecule has 0 aliphatic carbocycles. The molecule has 0 N–H and O–H groups in total. The quantitative estimate of drug-likeness (QED) is 0.487. The fraction of sp³-hybridized carbons (Fsp3) is 0.308. The van der Waals surface area contributed by atoms with Crippen molar-refractivity contribution in [2.75, 3.05) is 6.61 Å². The number of halogens is 2. The Morgan fingerprint density at radius 3 is 2.80 bits per heavy atom. The summed E-state index contributed by atoms with van der Waals surface area (Å²) in [5, 5.41) is 0.420. The molecule has 5 nitrogen and oxygen atoms in total. The Balaban J connectivity index is 2.50. The molecule has 0 radical (unpaired) electrons. The maximum absolute atomic E-state index is 12.9. The largest absolute Gasteiger partial charge is 0.461 e. The van der Waals surface area contributed by atoms with Gasteiger partial charge in [0.1, 0.15) is 5.82 Å². The number of pyridine rings is 1. The fourth-order valence-corrected chi connectivity index (χ4v) is 2.26. The van der Waals surface area contributed by atoms with Crippen LogP contribution in [0.15, 0.2) is 18.3 Å². The first kappa shape index (κ1) is 14.6. The lowest BCUT2D eigenvalue weighted by Gasteiger charge is -2.06. The minimum atomic E-state index is -0.561. The van der Waals surface area contributed by atoms with Gasteiger partial charge < -0.3 is 9.30 Å². The number of aromatic nitrogens is 3. The molecule has 0 amide bonds. The van der Waals surface area contributed by atoms with Crippen LogP contribution in [0.3, 0.4) is 0 Å². The van der Waals surface area contributed by atoms with Gasteiger partial charge in [-0.1, -0.05) is 15.9 Å². The lowest BCUT2D eigenvalue weighted by atomic mass is 10.3. The highest BCUT2D eigenvalue weighted by Gasteiger charge is 2.22. The number of carbonyl (C=O) groups excluding carboxylic acids is 1. The van der Waals surface area contributed by atoms with Gasteiger partial charge in [0, 0.05) is 24.1 Å².